The zero-order valence-corrected chi connectivity index (χ0v) is 21.9. The van der Waals surface area contributed by atoms with Crippen LogP contribution < -0.4 is 10.6 Å². The summed E-state index contributed by atoms with van der Waals surface area (Å²) in [5.74, 6) is 3.56. The van der Waals surface area contributed by atoms with Gasteiger partial charge in [0.15, 0.2) is 0 Å². The number of likely N-dealkylation sites (tertiary alicyclic amines) is 1. The van der Waals surface area contributed by atoms with Crippen molar-refractivity contribution in [3.8, 4) is 0 Å². The molecule has 36 heavy (non-hydrogen) atoms. The molecular weight excluding hydrogens is 472 g/mol. The van der Waals surface area contributed by atoms with Crippen molar-refractivity contribution < 1.29 is 9.59 Å². The molecule has 0 aromatic carbocycles. The minimum atomic E-state index is -0.302. The van der Waals surface area contributed by atoms with Crippen LogP contribution in [0.2, 0.25) is 0 Å². The van der Waals surface area contributed by atoms with Crippen LogP contribution in [0.1, 0.15) is 57.8 Å². The summed E-state index contributed by atoms with van der Waals surface area (Å²) in [4.78, 5) is 30.2. The van der Waals surface area contributed by atoms with E-state index >= 15 is 0 Å². The van der Waals surface area contributed by atoms with Crippen LogP contribution in [0.3, 0.4) is 0 Å². The number of halogens is 1. The second-order valence-corrected chi connectivity index (χ2v) is 13.0. The topological polar surface area (TPSA) is 64.7 Å². The average Bonchev–Trinajstić information content (AvgIpc) is 3.82. The van der Waals surface area contributed by atoms with Crippen molar-refractivity contribution in [2.75, 3.05) is 26.2 Å². The summed E-state index contributed by atoms with van der Waals surface area (Å²) in [6.45, 7) is 3.47. The minimum Gasteiger partial charge on any atom is -0.376 e. The molecule has 0 aromatic heterocycles. The number of carbonyl (C=O) groups is 2. The fraction of sp³-hybridized carbons (Fsp3) is 0.724. The van der Waals surface area contributed by atoms with E-state index in [4.69, 9.17) is 11.6 Å². The van der Waals surface area contributed by atoms with E-state index in [0.717, 1.165) is 69.9 Å². The molecule has 3 saturated carbocycles. The lowest BCUT2D eigenvalue weighted by Crippen LogP contribution is -2.45. The Morgan fingerprint density at radius 2 is 2.00 bits per heavy atom. The quantitative estimate of drug-likeness (QED) is 0.553. The van der Waals surface area contributed by atoms with Crippen molar-refractivity contribution in [3.05, 3.63) is 35.0 Å². The highest BCUT2D eigenvalue weighted by Crippen LogP contribution is 2.46. The van der Waals surface area contributed by atoms with Crippen molar-refractivity contribution in [1.29, 1.82) is 0 Å². The van der Waals surface area contributed by atoms with Crippen LogP contribution in [-0.2, 0) is 9.59 Å². The molecule has 6 atom stereocenters. The first kappa shape index (κ1) is 23.3. The molecule has 2 N–H and O–H groups in total. The van der Waals surface area contributed by atoms with Crippen LogP contribution in [-0.4, -0.2) is 59.5 Å². The molecule has 0 bridgehead atoms. The van der Waals surface area contributed by atoms with E-state index in [-0.39, 0.29) is 17.6 Å². The molecular formula is C29H39ClN4O2. The van der Waals surface area contributed by atoms with Crippen molar-refractivity contribution in [2.45, 2.75) is 69.5 Å². The SMILES string of the molecule is O=C(C1CC1)N1CC[C@@H](CN2C(=O)C3(CC3)NC2C2C=CC(C3CCC4CNC(Cl)=CC4C3)=CC2)C1. The van der Waals surface area contributed by atoms with Crippen molar-refractivity contribution >= 4 is 23.4 Å². The molecule has 3 aliphatic heterocycles. The van der Waals surface area contributed by atoms with Gasteiger partial charge < -0.3 is 15.1 Å². The predicted octanol–water partition coefficient (Wildman–Crippen LogP) is 3.75. The molecule has 3 heterocycles. The number of hydrogen-bond acceptors (Lipinski definition) is 4. The van der Waals surface area contributed by atoms with Crippen LogP contribution in [0.15, 0.2) is 35.0 Å². The lowest BCUT2D eigenvalue weighted by Gasteiger charge is -2.39. The number of fused-ring (bicyclic) bond motifs is 1. The van der Waals surface area contributed by atoms with Gasteiger partial charge in [-0.25, -0.2) is 0 Å². The zero-order chi connectivity index (χ0) is 24.4. The molecule has 7 rings (SSSR count). The van der Waals surface area contributed by atoms with Gasteiger partial charge in [-0.2, -0.15) is 0 Å². The Kier molecular flexibility index (Phi) is 5.77. The number of nitrogens with one attached hydrogen (secondary N) is 2. The largest absolute Gasteiger partial charge is 0.376 e. The Labute approximate surface area is 219 Å². The van der Waals surface area contributed by atoms with Gasteiger partial charge in [0.25, 0.3) is 0 Å². The summed E-state index contributed by atoms with van der Waals surface area (Å²) >= 11 is 6.28. The first-order chi connectivity index (χ1) is 17.5. The first-order valence-electron chi connectivity index (χ1n) is 14.4. The second kappa shape index (κ2) is 8.90. The highest BCUT2D eigenvalue weighted by Gasteiger charge is 2.60. The van der Waals surface area contributed by atoms with Crippen LogP contribution in [0.25, 0.3) is 0 Å². The van der Waals surface area contributed by atoms with Gasteiger partial charge >= 0.3 is 0 Å². The normalized spacial score (nSPS) is 39.1. The van der Waals surface area contributed by atoms with Crippen molar-refractivity contribution in [1.82, 2.24) is 20.4 Å². The van der Waals surface area contributed by atoms with Gasteiger partial charge in [0.2, 0.25) is 11.8 Å². The lowest BCUT2D eigenvalue weighted by atomic mass is 9.70. The van der Waals surface area contributed by atoms with Crippen LogP contribution in [0.5, 0.6) is 0 Å². The molecule has 0 radical (unpaired) electrons. The van der Waals surface area contributed by atoms with E-state index in [1.807, 2.05) is 0 Å². The van der Waals surface area contributed by atoms with Gasteiger partial charge in [-0.1, -0.05) is 29.8 Å². The van der Waals surface area contributed by atoms with Gasteiger partial charge in [0, 0.05) is 38.0 Å². The fourth-order valence-electron chi connectivity index (χ4n) is 7.58. The van der Waals surface area contributed by atoms with Gasteiger partial charge in [-0.3, -0.25) is 14.9 Å². The van der Waals surface area contributed by atoms with Gasteiger partial charge in [0.1, 0.15) is 0 Å². The van der Waals surface area contributed by atoms with E-state index in [1.165, 1.54) is 24.8 Å². The zero-order valence-electron chi connectivity index (χ0n) is 21.1. The summed E-state index contributed by atoms with van der Waals surface area (Å²) in [7, 11) is 0. The second-order valence-electron chi connectivity index (χ2n) is 12.6. The number of allylic oxidation sites excluding steroid dienone is 4. The molecule has 194 valence electrons. The van der Waals surface area contributed by atoms with Gasteiger partial charge in [0.05, 0.1) is 16.9 Å². The lowest BCUT2D eigenvalue weighted by molar-refractivity contribution is -0.132. The molecule has 2 amide bonds. The summed E-state index contributed by atoms with van der Waals surface area (Å²) in [6.07, 6.45) is 19.3. The van der Waals surface area contributed by atoms with E-state index in [2.05, 4.69) is 44.7 Å². The summed E-state index contributed by atoms with van der Waals surface area (Å²) < 4.78 is 0. The number of rotatable bonds is 5. The molecule has 2 saturated heterocycles. The molecule has 5 fully saturated rings. The van der Waals surface area contributed by atoms with E-state index < -0.39 is 0 Å². The van der Waals surface area contributed by atoms with Crippen LogP contribution in [0.4, 0.5) is 0 Å². The maximum atomic E-state index is 13.5. The molecule has 7 heteroatoms. The monoisotopic (exact) mass is 510 g/mol. The number of carbonyl (C=O) groups excluding carboxylic acids is 2. The maximum Gasteiger partial charge on any atom is 0.244 e. The molecule has 7 aliphatic rings. The summed E-state index contributed by atoms with van der Waals surface area (Å²) in [5, 5.41) is 7.90. The van der Waals surface area contributed by atoms with Gasteiger partial charge in [-0.15, -0.1) is 0 Å². The maximum absolute atomic E-state index is 13.5. The molecule has 6 nitrogen and oxygen atoms in total. The minimum absolute atomic E-state index is 0.0733. The molecule has 5 unspecified atom stereocenters. The average molecular weight is 511 g/mol. The van der Waals surface area contributed by atoms with E-state index in [0.29, 0.717) is 41.4 Å². The van der Waals surface area contributed by atoms with Crippen LogP contribution >= 0.6 is 11.6 Å². The smallest absolute Gasteiger partial charge is 0.244 e. The Hall–Kier alpha value is -1.79. The fourth-order valence-corrected chi connectivity index (χ4v) is 7.82. The first-order valence-corrected chi connectivity index (χ1v) is 14.7. The third-order valence-electron chi connectivity index (χ3n) is 10.1. The highest BCUT2D eigenvalue weighted by atomic mass is 35.5. The number of nitrogens with zero attached hydrogens (tertiary/aromatic N) is 2. The summed E-state index contributed by atoms with van der Waals surface area (Å²) in [5.41, 5.74) is 1.18. The third-order valence-corrected chi connectivity index (χ3v) is 10.4. The Morgan fingerprint density at radius 1 is 1.14 bits per heavy atom. The van der Waals surface area contributed by atoms with E-state index in [1.54, 1.807) is 0 Å². The Bertz CT molecular complexity index is 1030. The van der Waals surface area contributed by atoms with Gasteiger partial charge in [-0.05, 0) is 93.1 Å². The standard InChI is InChI=1S/C29H39ClN4O2/c30-25-14-24-13-22(7-8-23(24)15-31-25)19-1-3-20(4-2-19)26-32-29(10-11-29)28(36)34(26)17-18-9-12-33(16-18)27(35)21-5-6-21/h1-3,14,18,20-24,26,31-32H,4-13,15-17H2/t18-,20?,22?,23?,24?,26?/m1/s1. The molecule has 1 spiro atoms. The third kappa shape index (κ3) is 4.22. The van der Waals surface area contributed by atoms with Crippen molar-refractivity contribution in [3.63, 3.8) is 0 Å². The highest BCUT2D eigenvalue weighted by molar-refractivity contribution is 6.29. The van der Waals surface area contributed by atoms with E-state index in [9.17, 15) is 9.59 Å². The molecule has 0 aromatic rings. The Balaban J connectivity index is 1.00. The number of amides is 2. The molecule has 4 aliphatic carbocycles. The summed E-state index contributed by atoms with van der Waals surface area (Å²) in [6, 6.07) is 0. The van der Waals surface area contributed by atoms with Crippen molar-refractivity contribution in [2.24, 2.45) is 35.5 Å². The Morgan fingerprint density at radius 3 is 2.75 bits per heavy atom. The van der Waals surface area contributed by atoms with Crippen LogP contribution in [0, 0.1) is 35.5 Å². The number of hydrogen-bond donors (Lipinski definition) is 2. The predicted molar refractivity (Wildman–Crippen MR) is 140 cm³/mol.